The Balaban J connectivity index is -0.00000160. The number of hydrogen-bond acceptors (Lipinski definition) is 12. The molecule has 0 rings (SSSR count). The average molecular weight is 1440 g/mol. The molecule has 516 valence electrons. The van der Waals surface area contributed by atoms with Gasteiger partial charge in [0.15, 0.2) is 0 Å². The molecule has 0 bridgehead atoms. The molecule has 16 nitrogen and oxygen atoms in total. The van der Waals surface area contributed by atoms with Gasteiger partial charge in [-0.05, 0) is 25.7 Å². The predicted octanol–water partition coefficient (Wildman–Crippen LogP) is 14.6. The number of carboxylic acids is 2. The second kappa shape index (κ2) is 64.8. The van der Waals surface area contributed by atoms with E-state index >= 15 is 0 Å². The number of rotatable bonds is 68. The van der Waals surface area contributed by atoms with Crippen LogP contribution in [0.25, 0.3) is 0 Å². The maximum absolute atomic E-state index is 12.5. The molecule has 0 aromatic rings. The van der Waals surface area contributed by atoms with Crippen LogP contribution in [0.15, 0.2) is 0 Å². The van der Waals surface area contributed by atoms with Gasteiger partial charge in [0.05, 0.1) is 35.3 Å². The van der Waals surface area contributed by atoms with Crippen molar-refractivity contribution in [1.82, 2.24) is 18.9 Å². The van der Waals surface area contributed by atoms with E-state index in [1.165, 1.54) is 205 Å². The molecule has 4 N–H and O–H groups in total. The Bertz CT molecular complexity index is 1720. The van der Waals surface area contributed by atoms with Crippen LogP contribution in [0, 0.1) is 0 Å². The number of carboxylic acid groups (broad SMARTS) is 2. The summed E-state index contributed by atoms with van der Waals surface area (Å²) in [4.78, 5) is 22.3. The molecule has 0 aromatic carbocycles. The van der Waals surface area contributed by atoms with Gasteiger partial charge in [-0.25, -0.2) is 33.7 Å². The molecule has 0 heterocycles. The maximum Gasteiger partial charge on any atom is 2.00 e. The van der Waals surface area contributed by atoms with E-state index in [1.807, 2.05) is 0 Å². The first kappa shape index (κ1) is 91.3. The summed E-state index contributed by atoms with van der Waals surface area (Å²) in [6, 6.07) is 0. The zero-order chi connectivity index (χ0) is 64.2. The van der Waals surface area contributed by atoms with Crippen molar-refractivity contribution in [3.8, 4) is 0 Å². The Morgan fingerprint density at radius 2 is 0.356 bits per heavy atom. The maximum atomic E-state index is 12.5. The first-order chi connectivity index (χ1) is 41.2. The van der Waals surface area contributed by atoms with Crippen LogP contribution in [0.4, 0.5) is 0 Å². The molecule has 0 aromatic heterocycles. The van der Waals surface area contributed by atoms with Gasteiger partial charge in [0.2, 0.25) is 40.1 Å². The van der Waals surface area contributed by atoms with Gasteiger partial charge in [-0.15, -0.1) is 0 Å². The van der Waals surface area contributed by atoms with Crippen LogP contribution < -0.4 is 29.1 Å². The SMILES string of the molecule is CCCCCCCCCCCCCCCS(=O)(=O)NC(CC(=O)[O-])NS(=O)(=O)CCCCCCCCCCCCCCC.CCCCCCCCCCCCCCCS(=O)(=O)NC(CC(=O)[O-])NS(=O)(=O)CCCCCCCCCCCCCCC.[Ba+2]. The van der Waals surface area contributed by atoms with Gasteiger partial charge in [-0.2, -0.15) is 18.9 Å². The van der Waals surface area contributed by atoms with Crippen LogP contribution in [-0.4, -0.2) is 130 Å². The number of hydrogen-bond donors (Lipinski definition) is 4. The van der Waals surface area contributed by atoms with E-state index in [0.717, 1.165) is 103 Å². The van der Waals surface area contributed by atoms with Crippen molar-refractivity contribution in [2.75, 3.05) is 23.0 Å². The molecule has 87 heavy (non-hydrogen) atoms. The summed E-state index contributed by atoms with van der Waals surface area (Å²) in [5, 5.41) is 22.3. The number of carbonyl (C=O) groups is 2. The summed E-state index contributed by atoms with van der Waals surface area (Å²) in [6.45, 7) is 8.91. The Labute approximate surface area is 577 Å². The summed E-state index contributed by atoms with van der Waals surface area (Å²) in [6.07, 6.45) is 54.8. The standard InChI is InChI=1S/2C33H68N2O6S2.Ba/c2*1-3-5-7-9-11-13-15-17-19-21-23-25-27-29-42(38,39)34-32(31-33(36)37)35-43(40,41)30-28-26-24-22-20-18-16-14-12-10-8-6-4-2;/h2*32,34-35H,3-31H2,1-2H3,(H,36,37);/q;;+2/p-2. The van der Waals surface area contributed by atoms with Crippen molar-refractivity contribution in [1.29, 1.82) is 0 Å². The third-order valence-electron chi connectivity index (χ3n) is 16.1. The average Bonchev–Trinajstić information content (AvgIpc) is 3.18. The molecule has 0 amide bonds. The summed E-state index contributed by atoms with van der Waals surface area (Å²) in [7, 11) is -15.3. The second-order valence-corrected chi connectivity index (χ2v) is 32.5. The van der Waals surface area contributed by atoms with Crippen molar-refractivity contribution < 1.29 is 53.5 Å². The van der Waals surface area contributed by atoms with Gasteiger partial charge >= 0.3 is 48.9 Å². The monoisotopic (exact) mass is 1440 g/mol. The van der Waals surface area contributed by atoms with E-state index < -0.39 is 77.2 Å². The van der Waals surface area contributed by atoms with Gasteiger partial charge in [0.25, 0.3) is 0 Å². The van der Waals surface area contributed by atoms with Crippen LogP contribution in [0.1, 0.15) is 374 Å². The minimum atomic E-state index is -3.83. The molecular formula is C66H134BaN4O12S4. The topological polar surface area (TPSA) is 265 Å². The van der Waals surface area contributed by atoms with Crippen molar-refractivity contribution in [3.05, 3.63) is 0 Å². The van der Waals surface area contributed by atoms with Crippen LogP contribution >= 0.6 is 0 Å². The zero-order valence-electron chi connectivity index (χ0n) is 56.4. The summed E-state index contributed by atoms with van der Waals surface area (Å²) in [5.74, 6) is -3.66. The molecule has 0 saturated heterocycles. The first-order valence-corrected chi connectivity index (χ1v) is 42.2. The van der Waals surface area contributed by atoms with Gasteiger partial charge < -0.3 is 19.8 Å². The minimum absolute atomic E-state index is 0. The fourth-order valence-corrected chi connectivity index (χ4v) is 16.2. The van der Waals surface area contributed by atoms with Crippen molar-refractivity contribution >= 4 is 101 Å². The molecule has 0 fully saturated rings. The van der Waals surface area contributed by atoms with Crippen LogP contribution in [0.5, 0.6) is 0 Å². The summed E-state index contributed by atoms with van der Waals surface area (Å²) in [5.41, 5.74) is 0. The Kier molecular flexibility index (Phi) is 68.1. The predicted molar refractivity (Wildman–Crippen MR) is 363 cm³/mol. The van der Waals surface area contributed by atoms with Crippen LogP contribution in [0.2, 0.25) is 0 Å². The molecule has 0 unspecified atom stereocenters. The van der Waals surface area contributed by atoms with Gasteiger partial charge in [-0.3, -0.25) is 0 Å². The number of sulfonamides is 4. The molecule has 21 heteroatoms. The van der Waals surface area contributed by atoms with E-state index in [2.05, 4.69) is 46.6 Å². The third-order valence-corrected chi connectivity index (χ3v) is 22.0. The third kappa shape index (κ3) is 71.8. The molecule has 0 aliphatic carbocycles. The molecule has 0 aliphatic heterocycles. The first-order valence-electron chi connectivity index (χ1n) is 35.6. The number of aliphatic carboxylic acids is 2. The number of nitrogens with one attached hydrogen (secondary N) is 4. The second-order valence-electron chi connectivity index (χ2n) is 25.0. The molecule has 0 radical (unpaired) electrons. The minimum Gasteiger partial charge on any atom is -0.550 e. The van der Waals surface area contributed by atoms with Gasteiger partial charge in [-0.1, -0.05) is 336 Å². The van der Waals surface area contributed by atoms with E-state index in [0.29, 0.717) is 25.7 Å². The van der Waals surface area contributed by atoms with Crippen LogP contribution in [-0.2, 0) is 49.7 Å². The molecule has 0 aliphatic rings. The largest absolute Gasteiger partial charge is 2.00 e. The fraction of sp³-hybridized carbons (Fsp3) is 0.970. The van der Waals surface area contributed by atoms with E-state index in [1.54, 1.807) is 0 Å². The molecule has 0 spiro atoms. The summed E-state index contributed by atoms with van der Waals surface area (Å²) < 4.78 is 109. The Hall–Kier alpha value is 0.151. The van der Waals surface area contributed by atoms with Gasteiger partial charge in [0.1, 0.15) is 0 Å². The molecule has 0 atom stereocenters. The van der Waals surface area contributed by atoms with Crippen molar-refractivity contribution in [2.45, 2.75) is 387 Å². The zero-order valence-corrected chi connectivity index (χ0v) is 64.1. The molecular weight excluding hydrogens is 1310 g/mol. The van der Waals surface area contributed by atoms with Crippen molar-refractivity contribution in [3.63, 3.8) is 0 Å². The van der Waals surface area contributed by atoms with E-state index in [4.69, 9.17) is 0 Å². The van der Waals surface area contributed by atoms with E-state index in [9.17, 15) is 53.5 Å². The summed E-state index contributed by atoms with van der Waals surface area (Å²) >= 11 is 0. The number of unbranched alkanes of at least 4 members (excludes halogenated alkanes) is 48. The Morgan fingerprint density at radius 3 is 0.471 bits per heavy atom. The Morgan fingerprint density at radius 1 is 0.241 bits per heavy atom. The molecule has 0 saturated carbocycles. The van der Waals surface area contributed by atoms with E-state index in [-0.39, 0.29) is 71.9 Å². The normalized spacial score (nSPS) is 12.2. The smallest absolute Gasteiger partial charge is 0.550 e. The van der Waals surface area contributed by atoms with Gasteiger partial charge in [0, 0.05) is 24.8 Å². The quantitative estimate of drug-likeness (QED) is 0.0252. The van der Waals surface area contributed by atoms with Crippen molar-refractivity contribution in [2.24, 2.45) is 0 Å². The fourth-order valence-electron chi connectivity index (χ4n) is 10.9. The number of carbonyl (C=O) groups excluding carboxylic acids is 2. The van der Waals surface area contributed by atoms with Crippen LogP contribution in [0.3, 0.4) is 0 Å².